The number of hydrogen-bond donors (Lipinski definition) is 2. The van der Waals surface area contributed by atoms with Crippen LogP contribution >= 0.6 is 23.2 Å². The molecule has 5 rings (SSSR count). The fourth-order valence-corrected chi connectivity index (χ4v) is 4.94. The molecule has 0 unspecified atom stereocenters. The van der Waals surface area contributed by atoms with Crippen molar-refractivity contribution >= 4 is 40.1 Å². The van der Waals surface area contributed by atoms with Crippen LogP contribution in [-0.4, -0.2) is 37.4 Å². The van der Waals surface area contributed by atoms with E-state index in [-0.39, 0.29) is 27.4 Å². The first kappa shape index (κ1) is 25.0. The molecular formula is C28H26Cl2N6O. The summed E-state index contributed by atoms with van der Waals surface area (Å²) in [5, 5.41) is 11.7. The monoisotopic (exact) mass is 532 g/mol. The van der Waals surface area contributed by atoms with Crippen molar-refractivity contribution in [3.8, 4) is 5.69 Å². The van der Waals surface area contributed by atoms with Crippen LogP contribution < -0.4 is 5.32 Å². The van der Waals surface area contributed by atoms with Crippen LogP contribution in [0.5, 0.6) is 0 Å². The zero-order valence-corrected chi connectivity index (χ0v) is 22.2. The molecule has 9 heteroatoms. The van der Waals surface area contributed by atoms with Crippen LogP contribution in [0, 0.1) is 13.8 Å². The molecule has 5 aromatic rings. The number of rotatable bonds is 7. The number of nitrogens with zero attached hydrogens (tertiary/aromatic N) is 4. The predicted molar refractivity (Wildman–Crippen MR) is 147 cm³/mol. The highest BCUT2D eigenvalue weighted by atomic mass is 35.5. The van der Waals surface area contributed by atoms with Crippen molar-refractivity contribution in [3.05, 3.63) is 105 Å². The minimum absolute atomic E-state index is 0.197. The van der Waals surface area contributed by atoms with Crippen LogP contribution in [0.2, 0.25) is 10.0 Å². The van der Waals surface area contributed by atoms with Crippen LogP contribution in [0.3, 0.4) is 0 Å². The van der Waals surface area contributed by atoms with Crippen molar-refractivity contribution in [1.82, 2.24) is 30.3 Å². The quantitative estimate of drug-likeness (QED) is 0.261. The second-order valence-corrected chi connectivity index (χ2v) is 9.86. The van der Waals surface area contributed by atoms with Gasteiger partial charge in [-0.25, -0.2) is 9.67 Å². The van der Waals surface area contributed by atoms with Crippen LogP contribution in [0.25, 0.3) is 16.7 Å². The fourth-order valence-electron chi connectivity index (χ4n) is 4.29. The smallest absolute Gasteiger partial charge is 0.254 e. The lowest BCUT2D eigenvalue weighted by atomic mass is 9.98. The highest BCUT2D eigenvalue weighted by Crippen LogP contribution is 2.30. The Morgan fingerprint density at radius 3 is 2.43 bits per heavy atom. The van der Waals surface area contributed by atoms with Crippen LogP contribution in [0.15, 0.2) is 60.8 Å². The summed E-state index contributed by atoms with van der Waals surface area (Å²) in [4.78, 5) is 21.6. The Bertz CT molecular complexity index is 1530. The van der Waals surface area contributed by atoms with Gasteiger partial charge in [-0.05, 0) is 61.2 Å². The summed E-state index contributed by atoms with van der Waals surface area (Å²) < 4.78 is 1.59. The molecule has 0 spiro atoms. The van der Waals surface area contributed by atoms with E-state index in [1.165, 1.54) is 11.1 Å². The van der Waals surface area contributed by atoms with E-state index in [4.69, 9.17) is 28.2 Å². The summed E-state index contributed by atoms with van der Waals surface area (Å²) in [6.45, 7) is 6.45. The van der Waals surface area contributed by atoms with E-state index in [9.17, 15) is 4.79 Å². The topological polar surface area (TPSA) is 88.5 Å². The predicted octanol–water partition coefficient (Wildman–Crippen LogP) is 6.19. The molecule has 0 saturated heterocycles. The van der Waals surface area contributed by atoms with Gasteiger partial charge in [0.1, 0.15) is 5.82 Å². The number of amides is 1. The van der Waals surface area contributed by atoms with Crippen molar-refractivity contribution in [2.45, 2.75) is 33.1 Å². The Morgan fingerprint density at radius 1 is 1.05 bits per heavy atom. The first-order chi connectivity index (χ1) is 17.8. The normalized spacial score (nSPS) is 12.1. The number of fused-ring (bicyclic) bond motifs is 1. The van der Waals surface area contributed by atoms with E-state index in [2.05, 4.69) is 46.6 Å². The van der Waals surface area contributed by atoms with Gasteiger partial charge in [0, 0.05) is 6.54 Å². The Labute approximate surface area is 224 Å². The molecule has 1 atom stereocenters. The molecule has 0 fully saturated rings. The number of H-pyrrole nitrogens is 1. The van der Waals surface area contributed by atoms with E-state index in [0.29, 0.717) is 12.2 Å². The molecule has 0 bridgehead atoms. The third-order valence-electron chi connectivity index (χ3n) is 6.54. The molecule has 0 aliphatic carbocycles. The maximum Gasteiger partial charge on any atom is 0.254 e. The molecule has 0 saturated carbocycles. The number of aromatic nitrogens is 5. The van der Waals surface area contributed by atoms with Crippen molar-refractivity contribution in [1.29, 1.82) is 0 Å². The lowest BCUT2D eigenvalue weighted by Crippen LogP contribution is -2.30. The molecule has 0 aliphatic rings. The molecule has 0 radical (unpaired) electrons. The first-order valence-electron chi connectivity index (χ1n) is 12.0. The minimum Gasteiger partial charge on any atom is -0.351 e. The number of benzene rings is 3. The summed E-state index contributed by atoms with van der Waals surface area (Å²) in [5.74, 6) is 0.215. The molecule has 2 aromatic heterocycles. The number of hydrogen-bond acceptors (Lipinski definition) is 4. The molecule has 3 aromatic carbocycles. The highest BCUT2D eigenvalue weighted by molar-refractivity contribution is 6.40. The number of halogens is 2. The van der Waals surface area contributed by atoms with E-state index in [1.807, 2.05) is 43.5 Å². The number of carbonyl (C=O) groups excluding carboxylic acids is 1. The van der Waals surface area contributed by atoms with E-state index in [0.717, 1.165) is 34.5 Å². The largest absolute Gasteiger partial charge is 0.351 e. The first-order valence-corrected chi connectivity index (χ1v) is 12.8. The van der Waals surface area contributed by atoms with Gasteiger partial charge in [0.05, 0.1) is 50.1 Å². The van der Waals surface area contributed by atoms with Gasteiger partial charge in [0.15, 0.2) is 0 Å². The summed E-state index contributed by atoms with van der Waals surface area (Å²) in [6.07, 6.45) is 2.57. The molecule has 2 heterocycles. The van der Waals surface area contributed by atoms with Crippen molar-refractivity contribution in [2.24, 2.45) is 0 Å². The summed E-state index contributed by atoms with van der Waals surface area (Å²) in [6, 6.07) is 17.5. The molecule has 37 heavy (non-hydrogen) atoms. The lowest BCUT2D eigenvalue weighted by Gasteiger charge is -2.17. The third kappa shape index (κ3) is 5.10. The molecule has 188 valence electrons. The second-order valence-electron chi connectivity index (χ2n) is 9.04. The van der Waals surface area contributed by atoms with Crippen molar-refractivity contribution in [3.63, 3.8) is 0 Å². The van der Waals surface area contributed by atoms with Gasteiger partial charge in [-0.1, -0.05) is 65.7 Å². The van der Waals surface area contributed by atoms with Crippen LogP contribution in [-0.2, 0) is 6.42 Å². The average Bonchev–Trinajstić information content (AvgIpc) is 3.52. The Morgan fingerprint density at radius 2 is 1.76 bits per heavy atom. The fraction of sp³-hybridized carbons (Fsp3) is 0.214. The van der Waals surface area contributed by atoms with Gasteiger partial charge >= 0.3 is 0 Å². The maximum absolute atomic E-state index is 13.3. The highest BCUT2D eigenvalue weighted by Gasteiger charge is 2.22. The molecule has 7 nitrogen and oxygen atoms in total. The maximum atomic E-state index is 13.3. The number of aromatic amines is 1. The number of imidazole rings is 1. The van der Waals surface area contributed by atoms with Gasteiger partial charge in [-0.2, -0.15) is 0 Å². The minimum atomic E-state index is -0.363. The number of nitrogens with one attached hydrogen (secondary N) is 2. The van der Waals surface area contributed by atoms with Gasteiger partial charge in [-0.3, -0.25) is 4.79 Å². The van der Waals surface area contributed by atoms with Gasteiger partial charge in [0.2, 0.25) is 0 Å². The van der Waals surface area contributed by atoms with Crippen LogP contribution in [0.4, 0.5) is 0 Å². The average molecular weight is 533 g/mol. The standard InChI is InChI=1S/C28H26Cl2N6O/c1-4-19-15-36(35-34-19)20-12-22(29)26(23(30)13-20)28(37)31-14-21(18-8-6-5-7-9-18)27-32-24-10-16(2)17(3)11-25(24)33-27/h5-13,15,21H,4,14H2,1-3H3,(H,31,37)(H,32,33)/t21-/m0/s1. The molecule has 1 amide bonds. The lowest BCUT2D eigenvalue weighted by molar-refractivity contribution is 0.0952. The number of carbonyl (C=O) groups is 1. The van der Waals surface area contributed by atoms with Crippen LogP contribution in [0.1, 0.15) is 51.4 Å². The van der Waals surface area contributed by atoms with Gasteiger partial charge < -0.3 is 10.3 Å². The molecule has 0 aliphatic heterocycles. The molecule has 2 N–H and O–H groups in total. The second kappa shape index (κ2) is 10.4. The third-order valence-corrected chi connectivity index (χ3v) is 7.13. The zero-order valence-electron chi connectivity index (χ0n) is 20.7. The van der Waals surface area contributed by atoms with Crippen molar-refractivity contribution < 1.29 is 4.79 Å². The van der Waals surface area contributed by atoms with E-state index in [1.54, 1.807) is 16.8 Å². The van der Waals surface area contributed by atoms with E-state index < -0.39 is 0 Å². The van der Waals surface area contributed by atoms with Gasteiger partial charge in [-0.15, -0.1) is 5.10 Å². The van der Waals surface area contributed by atoms with E-state index >= 15 is 0 Å². The summed E-state index contributed by atoms with van der Waals surface area (Å²) >= 11 is 13.1. The van der Waals surface area contributed by atoms with Gasteiger partial charge in [0.25, 0.3) is 5.91 Å². The van der Waals surface area contributed by atoms with Crippen molar-refractivity contribution in [2.75, 3.05) is 6.54 Å². The summed E-state index contributed by atoms with van der Waals surface area (Å²) in [5.41, 5.74) is 6.95. The Hall–Kier alpha value is -3.68. The Kier molecular flexibility index (Phi) is 7.00. The zero-order chi connectivity index (χ0) is 26.1. The SMILES string of the molecule is CCc1cn(-c2cc(Cl)c(C(=O)NC[C@@H](c3ccccc3)c3nc4cc(C)c(C)cc4[nH]3)c(Cl)c2)nn1. The Balaban J connectivity index is 1.42. The number of aryl methyl sites for hydroxylation is 3. The summed E-state index contributed by atoms with van der Waals surface area (Å²) in [7, 11) is 0. The molecular weight excluding hydrogens is 507 g/mol.